The molecule has 0 aliphatic heterocycles. The molecule has 2 aromatic carbocycles. The molecule has 0 radical (unpaired) electrons. The van der Waals surface area contributed by atoms with Crippen molar-refractivity contribution < 1.29 is 9.78 Å². The van der Waals surface area contributed by atoms with Gasteiger partial charge in [0.2, 0.25) is 0 Å². The molecule has 6 nitrogen and oxygen atoms in total. The number of rotatable bonds is 4. The number of aromatic amines is 2. The molecule has 0 saturated heterocycles. The van der Waals surface area contributed by atoms with E-state index in [2.05, 4.69) is 20.3 Å². The van der Waals surface area contributed by atoms with Gasteiger partial charge in [0, 0.05) is 28.9 Å². The van der Waals surface area contributed by atoms with Crippen molar-refractivity contribution in [3.05, 3.63) is 59.4 Å². The predicted molar refractivity (Wildman–Crippen MR) is 121 cm³/mol. The summed E-state index contributed by atoms with van der Waals surface area (Å²) in [5, 5.41) is 5.11. The van der Waals surface area contributed by atoms with Crippen molar-refractivity contribution in [1.82, 2.24) is 9.97 Å². The third-order valence-corrected chi connectivity index (χ3v) is 6.26. The number of amides is 2. The summed E-state index contributed by atoms with van der Waals surface area (Å²) in [4.78, 5) is 26.3. The lowest BCUT2D eigenvalue weighted by atomic mass is 9.94. The van der Waals surface area contributed by atoms with Crippen molar-refractivity contribution in [1.29, 1.82) is 0 Å². The van der Waals surface area contributed by atoms with Gasteiger partial charge in [-0.1, -0.05) is 37.5 Å². The molecule has 0 spiro atoms. The first kappa shape index (κ1) is 18.8. The highest BCUT2D eigenvalue weighted by Gasteiger charge is 2.27. The number of H-pyrrole nitrogens is 2. The van der Waals surface area contributed by atoms with Gasteiger partial charge < -0.3 is 5.32 Å². The van der Waals surface area contributed by atoms with Gasteiger partial charge in [-0.25, -0.2) is 19.7 Å². The Balaban J connectivity index is 1.41. The number of hydrogen-bond donors (Lipinski definition) is 2. The van der Waals surface area contributed by atoms with Gasteiger partial charge in [-0.2, -0.15) is 0 Å². The maximum atomic E-state index is 13.3. The summed E-state index contributed by atoms with van der Waals surface area (Å²) >= 11 is 1.56. The molecule has 0 unspecified atom stereocenters. The summed E-state index contributed by atoms with van der Waals surface area (Å²) in [6.45, 7) is 0. The quantitative estimate of drug-likeness (QED) is 0.461. The van der Waals surface area contributed by atoms with Crippen LogP contribution in [-0.4, -0.2) is 22.0 Å². The van der Waals surface area contributed by atoms with E-state index in [0.717, 1.165) is 46.8 Å². The fraction of sp³-hybridized carbons (Fsp3) is 0.261. The number of carbonyl (C=O) groups excluding carboxylic acids is 1. The van der Waals surface area contributed by atoms with Gasteiger partial charge in [0.15, 0.2) is 16.7 Å². The Morgan fingerprint density at radius 3 is 2.73 bits per heavy atom. The SMILES string of the molecule is O=C(Nc1ccc2[nH+]c(-c3cscn3)[nH]c2c1)N(c1ccccc1)C1CCCCC1. The maximum Gasteiger partial charge on any atom is 0.326 e. The summed E-state index contributed by atoms with van der Waals surface area (Å²) in [7, 11) is 0. The van der Waals surface area contributed by atoms with Crippen LogP contribution in [0.3, 0.4) is 0 Å². The van der Waals surface area contributed by atoms with Crippen molar-refractivity contribution >= 4 is 39.8 Å². The van der Waals surface area contributed by atoms with Crippen LogP contribution < -0.4 is 15.2 Å². The lowest BCUT2D eigenvalue weighted by Crippen LogP contribution is -2.44. The summed E-state index contributed by atoms with van der Waals surface area (Å²) in [6, 6.07) is 16.0. The van der Waals surface area contributed by atoms with Crippen LogP contribution >= 0.6 is 11.3 Å². The number of urea groups is 1. The van der Waals surface area contributed by atoms with E-state index in [9.17, 15) is 4.79 Å². The zero-order valence-corrected chi connectivity index (χ0v) is 17.4. The Hall–Kier alpha value is -3.19. The molecule has 2 heterocycles. The first-order chi connectivity index (χ1) is 14.8. The van der Waals surface area contributed by atoms with E-state index >= 15 is 0 Å². The second-order valence-electron chi connectivity index (χ2n) is 7.69. The normalized spacial score (nSPS) is 14.7. The third kappa shape index (κ3) is 3.80. The van der Waals surface area contributed by atoms with Gasteiger partial charge in [-0.15, -0.1) is 11.3 Å². The minimum atomic E-state index is -0.0808. The van der Waals surface area contributed by atoms with Crippen molar-refractivity contribution in [2.24, 2.45) is 0 Å². The maximum absolute atomic E-state index is 13.3. The molecule has 1 fully saturated rings. The van der Waals surface area contributed by atoms with E-state index in [4.69, 9.17) is 0 Å². The zero-order valence-electron chi connectivity index (χ0n) is 16.6. The highest BCUT2D eigenvalue weighted by molar-refractivity contribution is 7.07. The lowest BCUT2D eigenvalue weighted by molar-refractivity contribution is -0.330. The Kier molecular flexibility index (Phi) is 5.19. The molecule has 7 heteroatoms. The van der Waals surface area contributed by atoms with Gasteiger partial charge in [0.1, 0.15) is 0 Å². The number of nitrogens with zero attached hydrogens (tertiary/aromatic N) is 2. The van der Waals surface area contributed by atoms with E-state index in [1.54, 1.807) is 11.3 Å². The third-order valence-electron chi connectivity index (χ3n) is 5.67. The minimum Gasteiger partial charge on any atom is -0.307 e. The van der Waals surface area contributed by atoms with E-state index in [-0.39, 0.29) is 12.1 Å². The van der Waals surface area contributed by atoms with Gasteiger partial charge in [-0.05, 0) is 37.1 Å². The summed E-state index contributed by atoms with van der Waals surface area (Å²) in [5.74, 6) is 0.864. The molecule has 2 amide bonds. The van der Waals surface area contributed by atoms with E-state index in [1.807, 2.05) is 64.3 Å². The number of benzene rings is 2. The molecule has 1 aliphatic carbocycles. The summed E-state index contributed by atoms with van der Waals surface area (Å²) in [6.07, 6.45) is 5.69. The van der Waals surface area contributed by atoms with Crippen LogP contribution in [0.4, 0.5) is 16.2 Å². The van der Waals surface area contributed by atoms with Crippen molar-refractivity contribution in [3.63, 3.8) is 0 Å². The molecule has 3 N–H and O–H groups in total. The molecule has 5 rings (SSSR count). The molecular weight excluding hydrogens is 394 g/mol. The standard InChI is InChI=1S/C23H23N5OS/c29-23(28(17-7-3-1-4-8-17)18-9-5-2-6-10-18)25-16-11-12-19-20(13-16)27-22(26-19)21-14-30-15-24-21/h1,3-4,7-8,11-15,18H,2,5-6,9-10H2,(H,25,29)(H,26,27)/p+1. The number of carbonyl (C=O) groups is 1. The van der Waals surface area contributed by atoms with Crippen LogP contribution in [0.25, 0.3) is 22.6 Å². The fourth-order valence-corrected chi connectivity index (χ4v) is 4.75. The smallest absolute Gasteiger partial charge is 0.307 e. The Labute approximate surface area is 179 Å². The van der Waals surface area contributed by atoms with Crippen molar-refractivity contribution in [2.45, 2.75) is 38.1 Å². The first-order valence-corrected chi connectivity index (χ1v) is 11.3. The van der Waals surface area contributed by atoms with Crippen molar-refractivity contribution in [2.75, 3.05) is 10.2 Å². The van der Waals surface area contributed by atoms with E-state index in [0.29, 0.717) is 0 Å². The molecule has 0 atom stereocenters. The number of hydrogen-bond acceptors (Lipinski definition) is 3. The van der Waals surface area contributed by atoms with Crippen molar-refractivity contribution in [3.8, 4) is 11.5 Å². The number of aromatic nitrogens is 3. The highest BCUT2D eigenvalue weighted by Crippen LogP contribution is 2.28. The second-order valence-corrected chi connectivity index (χ2v) is 8.41. The van der Waals surface area contributed by atoms with Gasteiger partial charge in [0.05, 0.1) is 5.51 Å². The molecule has 30 heavy (non-hydrogen) atoms. The van der Waals surface area contributed by atoms with Gasteiger partial charge in [0.25, 0.3) is 0 Å². The predicted octanol–water partition coefficient (Wildman–Crippen LogP) is 5.48. The second kappa shape index (κ2) is 8.28. The van der Waals surface area contributed by atoms with Crippen LogP contribution in [-0.2, 0) is 0 Å². The minimum absolute atomic E-state index is 0.0808. The average molecular weight is 419 g/mol. The van der Waals surface area contributed by atoms with Gasteiger partial charge >= 0.3 is 11.9 Å². The van der Waals surface area contributed by atoms with Crippen LogP contribution in [0.15, 0.2) is 59.4 Å². The molecular formula is C23H24N5OS+. The number of nitrogens with one attached hydrogen (secondary N) is 3. The van der Waals surface area contributed by atoms with Crippen LogP contribution in [0.5, 0.6) is 0 Å². The fourth-order valence-electron chi connectivity index (χ4n) is 4.20. The first-order valence-electron chi connectivity index (χ1n) is 10.4. The summed E-state index contributed by atoms with van der Waals surface area (Å²) < 4.78 is 0. The number of anilines is 2. The lowest BCUT2D eigenvalue weighted by Gasteiger charge is -2.34. The number of para-hydroxylation sites is 1. The highest BCUT2D eigenvalue weighted by atomic mass is 32.1. The molecule has 0 bridgehead atoms. The molecule has 4 aromatic rings. The van der Waals surface area contributed by atoms with Gasteiger partial charge in [-0.3, -0.25) is 4.90 Å². The Morgan fingerprint density at radius 2 is 1.97 bits per heavy atom. The zero-order chi connectivity index (χ0) is 20.3. The molecule has 152 valence electrons. The van der Waals surface area contributed by atoms with E-state index < -0.39 is 0 Å². The Bertz CT molecular complexity index is 1130. The summed E-state index contributed by atoms with van der Waals surface area (Å²) in [5.41, 5.74) is 6.31. The van der Waals surface area contributed by atoms with Crippen LogP contribution in [0, 0.1) is 0 Å². The molecule has 1 aliphatic rings. The Morgan fingerprint density at radius 1 is 1.13 bits per heavy atom. The van der Waals surface area contributed by atoms with Crippen LogP contribution in [0.2, 0.25) is 0 Å². The number of imidazole rings is 1. The van der Waals surface area contributed by atoms with E-state index in [1.165, 1.54) is 19.3 Å². The average Bonchev–Trinajstić information content (AvgIpc) is 3.45. The number of fused-ring (bicyclic) bond motifs is 1. The number of thiazole rings is 1. The molecule has 1 saturated carbocycles. The largest absolute Gasteiger partial charge is 0.326 e. The topological polar surface area (TPSA) is 75.2 Å². The van der Waals surface area contributed by atoms with Crippen LogP contribution in [0.1, 0.15) is 32.1 Å². The monoisotopic (exact) mass is 418 g/mol. The molecule has 2 aromatic heterocycles.